The van der Waals surface area contributed by atoms with E-state index in [1.165, 1.54) is 5.69 Å². The van der Waals surface area contributed by atoms with Gasteiger partial charge in [-0.25, -0.2) is 0 Å². The summed E-state index contributed by atoms with van der Waals surface area (Å²) in [5.41, 5.74) is 2.50. The van der Waals surface area contributed by atoms with Gasteiger partial charge in [-0.05, 0) is 60.3 Å². The molecule has 0 radical (unpaired) electrons. The van der Waals surface area contributed by atoms with Gasteiger partial charge >= 0.3 is 0 Å². The molecule has 0 aliphatic carbocycles. The van der Waals surface area contributed by atoms with Crippen molar-refractivity contribution in [3.8, 4) is 0 Å². The summed E-state index contributed by atoms with van der Waals surface area (Å²) in [5, 5.41) is 4.54. The van der Waals surface area contributed by atoms with Gasteiger partial charge in [0.1, 0.15) is 0 Å². The predicted octanol–water partition coefficient (Wildman–Crippen LogP) is 4.77. The molecule has 2 rings (SSSR count). The number of hydrogen-bond acceptors (Lipinski definition) is 2. The van der Waals surface area contributed by atoms with Crippen LogP contribution in [0, 0.1) is 6.92 Å². The molecular weight excluding hydrogens is 336 g/mol. The van der Waals surface area contributed by atoms with E-state index in [1.807, 2.05) is 6.92 Å². The molecule has 112 valence electrons. The first-order valence-corrected chi connectivity index (χ1v) is 8.54. The highest BCUT2D eigenvalue weighted by molar-refractivity contribution is 9.10. The van der Waals surface area contributed by atoms with E-state index in [0.29, 0.717) is 6.04 Å². The Balaban J connectivity index is 2.39. The van der Waals surface area contributed by atoms with E-state index >= 15 is 0 Å². The molecule has 2 atom stereocenters. The van der Waals surface area contributed by atoms with Crippen molar-refractivity contribution in [1.29, 1.82) is 0 Å². The number of nitrogens with zero attached hydrogens (tertiary/aromatic N) is 1. The summed E-state index contributed by atoms with van der Waals surface area (Å²) >= 11 is 10.0. The van der Waals surface area contributed by atoms with Crippen molar-refractivity contribution < 1.29 is 0 Å². The molecule has 1 aliphatic heterocycles. The highest BCUT2D eigenvalue weighted by atomic mass is 79.9. The Bertz CT molecular complexity index is 492. The van der Waals surface area contributed by atoms with Crippen LogP contribution in [0.5, 0.6) is 0 Å². The van der Waals surface area contributed by atoms with Crippen LogP contribution in [0.4, 0.5) is 5.69 Å². The minimum atomic E-state index is 0.169. The predicted molar refractivity (Wildman–Crippen MR) is 92.0 cm³/mol. The van der Waals surface area contributed by atoms with E-state index < -0.39 is 0 Å². The number of rotatable bonds is 3. The fourth-order valence-corrected chi connectivity index (χ4v) is 3.62. The van der Waals surface area contributed by atoms with Crippen molar-refractivity contribution in [1.82, 2.24) is 5.32 Å². The third-order valence-electron chi connectivity index (χ3n) is 4.51. The van der Waals surface area contributed by atoms with E-state index in [9.17, 15) is 0 Å². The number of anilines is 1. The third kappa shape index (κ3) is 3.15. The minimum Gasteiger partial charge on any atom is -0.364 e. The average molecular weight is 360 g/mol. The van der Waals surface area contributed by atoms with Crippen LogP contribution in [-0.2, 0) is 0 Å². The largest absolute Gasteiger partial charge is 0.364 e. The molecule has 0 aromatic heterocycles. The Kier molecular flexibility index (Phi) is 5.04. The first kappa shape index (κ1) is 16.1. The first-order valence-electron chi connectivity index (χ1n) is 7.37. The first-order chi connectivity index (χ1) is 9.40. The normalized spacial score (nSPS) is 26.9. The fraction of sp³-hybridized carbons (Fsp3) is 0.625. The molecule has 4 heteroatoms. The van der Waals surface area contributed by atoms with Gasteiger partial charge in [-0.2, -0.15) is 0 Å². The Morgan fingerprint density at radius 1 is 1.45 bits per heavy atom. The third-order valence-corrected chi connectivity index (χ3v) is 5.56. The average Bonchev–Trinajstić information content (AvgIpc) is 2.43. The lowest BCUT2D eigenvalue weighted by Crippen LogP contribution is -2.62. The van der Waals surface area contributed by atoms with Crippen molar-refractivity contribution in [2.24, 2.45) is 0 Å². The molecular formula is C16H24BrClN2. The molecule has 1 aromatic rings. The van der Waals surface area contributed by atoms with Crippen LogP contribution in [0.1, 0.15) is 39.2 Å². The van der Waals surface area contributed by atoms with Gasteiger partial charge in [0, 0.05) is 34.2 Å². The van der Waals surface area contributed by atoms with E-state index in [0.717, 1.165) is 41.0 Å². The van der Waals surface area contributed by atoms with E-state index in [1.54, 1.807) is 0 Å². The summed E-state index contributed by atoms with van der Waals surface area (Å²) in [6.45, 7) is 10.9. The van der Waals surface area contributed by atoms with Gasteiger partial charge in [-0.1, -0.05) is 25.4 Å². The summed E-state index contributed by atoms with van der Waals surface area (Å²) in [4.78, 5) is 2.51. The van der Waals surface area contributed by atoms with Crippen molar-refractivity contribution in [2.45, 2.75) is 52.1 Å². The van der Waals surface area contributed by atoms with E-state index in [2.05, 4.69) is 59.1 Å². The second-order valence-corrected chi connectivity index (χ2v) is 7.30. The van der Waals surface area contributed by atoms with Crippen molar-refractivity contribution in [2.75, 3.05) is 18.0 Å². The second kappa shape index (κ2) is 6.25. The Morgan fingerprint density at radius 2 is 2.15 bits per heavy atom. The molecule has 1 aliphatic rings. The Hall–Kier alpha value is -0.250. The van der Waals surface area contributed by atoms with Gasteiger partial charge in [0.15, 0.2) is 0 Å². The quantitative estimate of drug-likeness (QED) is 0.836. The molecule has 1 fully saturated rings. The molecule has 2 nitrogen and oxygen atoms in total. The van der Waals surface area contributed by atoms with Gasteiger partial charge in [-0.3, -0.25) is 0 Å². The molecule has 0 spiro atoms. The highest BCUT2D eigenvalue weighted by Crippen LogP contribution is 2.35. The molecule has 0 bridgehead atoms. The molecule has 20 heavy (non-hydrogen) atoms. The SMILES string of the molecule is CCC1CNC(C)(CC)CN1c1cc(Cl)c(C)cc1Br. The number of halogens is 2. The molecule has 1 aromatic carbocycles. The summed E-state index contributed by atoms with van der Waals surface area (Å²) in [5.74, 6) is 0. The van der Waals surface area contributed by atoms with Crippen LogP contribution in [0.3, 0.4) is 0 Å². The second-order valence-electron chi connectivity index (χ2n) is 6.04. The van der Waals surface area contributed by atoms with Gasteiger partial charge < -0.3 is 10.2 Å². The van der Waals surface area contributed by atoms with Crippen LogP contribution in [-0.4, -0.2) is 24.7 Å². The number of hydrogen-bond donors (Lipinski definition) is 1. The topological polar surface area (TPSA) is 15.3 Å². The Labute approximate surface area is 136 Å². The van der Waals surface area contributed by atoms with Crippen LogP contribution < -0.4 is 10.2 Å². The lowest BCUT2D eigenvalue weighted by atomic mass is 9.92. The van der Waals surface area contributed by atoms with Crippen LogP contribution in [0.25, 0.3) is 0 Å². The van der Waals surface area contributed by atoms with Crippen LogP contribution in [0.2, 0.25) is 5.02 Å². The smallest absolute Gasteiger partial charge is 0.0529 e. The minimum absolute atomic E-state index is 0.169. The summed E-state index contributed by atoms with van der Waals surface area (Å²) < 4.78 is 1.14. The highest BCUT2D eigenvalue weighted by Gasteiger charge is 2.34. The number of benzene rings is 1. The summed E-state index contributed by atoms with van der Waals surface area (Å²) in [6.07, 6.45) is 2.25. The number of piperazine rings is 1. The van der Waals surface area contributed by atoms with E-state index in [-0.39, 0.29) is 5.54 Å². The zero-order chi connectivity index (χ0) is 14.9. The molecule has 1 saturated heterocycles. The fourth-order valence-electron chi connectivity index (χ4n) is 2.77. The molecule has 0 amide bonds. The number of aryl methyl sites for hydroxylation is 1. The maximum absolute atomic E-state index is 6.34. The zero-order valence-corrected chi connectivity index (χ0v) is 15.1. The van der Waals surface area contributed by atoms with Gasteiger partial charge in [-0.15, -0.1) is 0 Å². The van der Waals surface area contributed by atoms with Crippen molar-refractivity contribution in [3.05, 3.63) is 27.2 Å². The standard InChI is InChI=1S/C16H24BrClN2/c1-5-12-9-19-16(4,6-2)10-20(12)15-8-14(18)11(3)7-13(15)17/h7-8,12,19H,5-6,9-10H2,1-4H3. The van der Waals surface area contributed by atoms with Gasteiger partial charge in [0.25, 0.3) is 0 Å². The number of nitrogens with one attached hydrogen (secondary N) is 1. The van der Waals surface area contributed by atoms with Crippen LogP contribution >= 0.6 is 27.5 Å². The Morgan fingerprint density at radius 3 is 2.75 bits per heavy atom. The monoisotopic (exact) mass is 358 g/mol. The van der Waals surface area contributed by atoms with Gasteiger partial charge in [0.05, 0.1) is 5.69 Å². The molecule has 1 N–H and O–H groups in total. The lowest BCUT2D eigenvalue weighted by molar-refractivity contribution is 0.276. The maximum Gasteiger partial charge on any atom is 0.0529 e. The molecule has 2 unspecified atom stereocenters. The summed E-state index contributed by atoms with van der Waals surface area (Å²) in [7, 11) is 0. The molecule has 1 heterocycles. The molecule has 0 saturated carbocycles. The summed E-state index contributed by atoms with van der Waals surface area (Å²) in [6, 6.07) is 4.74. The van der Waals surface area contributed by atoms with Gasteiger partial charge in [0.2, 0.25) is 0 Å². The van der Waals surface area contributed by atoms with E-state index in [4.69, 9.17) is 11.6 Å². The van der Waals surface area contributed by atoms with Crippen LogP contribution in [0.15, 0.2) is 16.6 Å². The van der Waals surface area contributed by atoms with Crippen molar-refractivity contribution >= 4 is 33.2 Å². The zero-order valence-electron chi connectivity index (χ0n) is 12.8. The maximum atomic E-state index is 6.34. The lowest BCUT2D eigenvalue weighted by Gasteiger charge is -2.47. The van der Waals surface area contributed by atoms with Crippen molar-refractivity contribution in [3.63, 3.8) is 0 Å².